The number of carboxylic acids is 1. The number of hydrogen-bond acceptors (Lipinski definition) is 3. The van der Waals surface area contributed by atoms with Crippen LogP contribution < -0.4 is 4.74 Å². The van der Waals surface area contributed by atoms with Gasteiger partial charge in [0.2, 0.25) is 0 Å². The van der Waals surface area contributed by atoms with Gasteiger partial charge in [-0.3, -0.25) is 0 Å². The van der Waals surface area contributed by atoms with Crippen molar-refractivity contribution in [3.63, 3.8) is 0 Å². The fraction of sp³-hybridized carbons (Fsp3) is 0.0769. The highest BCUT2D eigenvalue weighted by Crippen LogP contribution is 2.27. The molecule has 2 aromatic rings. The molecule has 0 aliphatic carbocycles. The molecule has 4 nitrogen and oxygen atoms in total. The molecule has 0 atom stereocenters. The number of pyridine rings is 1. The van der Waals surface area contributed by atoms with Crippen molar-refractivity contribution in [1.29, 1.82) is 0 Å². The van der Waals surface area contributed by atoms with E-state index in [1.807, 2.05) is 24.3 Å². The Morgan fingerprint density at radius 1 is 1.18 bits per heavy atom. The average Bonchev–Trinajstić information content (AvgIpc) is 2.39. The summed E-state index contributed by atoms with van der Waals surface area (Å²) in [4.78, 5) is 14.9. The Bertz CT molecular complexity index is 552. The predicted octanol–water partition coefficient (Wildman–Crippen LogP) is 2.46. The van der Waals surface area contributed by atoms with Crippen LogP contribution in [0.3, 0.4) is 0 Å². The number of carboxylic acid groups (broad SMARTS) is 1. The molecule has 0 bridgehead atoms. The largest absolute Gasteiger partial charge is 0.496 e. The van der Waals surface area contributed by atoms with Gasteiger partial charge in [0.05, 0.1) is 12.8 Å². The summed E-state index contributed by atoms with van der Waals surface area (Å²) in [5.74, 6) is -0.371. The van der Waals surface area contributed by atoms with Crippen LogP contribution in [0.15, 0.2) is 42.5 Å². The Morgan fingerprint density at radius 3 is 2.65 bits per heavy atom. The van der Waals surface area contributed by atoms with Crippen LogP contribution >= 0.6 is 0 Å². The van der Waals surface area contributed by atoms with E-state index < -0.39 is 5.97 Å². The summed E-state index contributed by atoms with van der Waals surface area (Å²) in [7, 11) is 1.57. The van der Waals surface area contributed by atoms with Crippen molar-refractivity contribution in [2.45, 2.75) is 0 Å². The van der Waals surface area contributed by atoms with E-state index in [0.717, 1.165) is 5.56 Å². The molecule has 0 saturated heterocycles. The fourth-order valence-corrected chi connectivity index (χ4v) is 1.56. The van der Waals surface area contributed by atoms with Crippen molar-refractivity contribution in [2.75, 3.05) is 7.11 Å². The lowest BCUT2D eigenvalue weighted by Gasteiger charge is -2.07. The summed E-state index contributed by atoms with van der Waals surface area (Å²) in [5, 5.41) is 8.89. The smallest absolute Gasteiger partial charge is 0.354 e. The quantitative estimate of drug-likeness (QED) is 0.878. The summed E-state index contributed by atoms with van der Waals surface area (Å²) in [6, 6.07) is 12.2. The fourth-order valence-electron chi connectivity index (χ4n) is 1.56. The number of benzene rings is 1. The number of aromatic nitrogens is 1. The zero-order valence-corrected chi connectivity index (χ0v) is 9.25. The molecular formula is C13H11NO3. The molecule has 0 fully saturated rings. The minimum atomic E-state index is -1.04. The van der Waals surface area contributed by atoms with E-state index in [1.54, 1.807) is 19.2 Å². The number of aromatic carboxylic acids is 1. The summed E-state index contributed by atoms with van der Waals surface area (Å²) >= 11 is 0. The first kappa shape index (κ1) is 11.1. The van der Waals surface area contributed by atoms with Gasteiger partial charge < -0.3 is 9.84 Å². The van der Waals surface area contributed by atoms with Crippen LogP contribution in [0.5, 0.6) is 5.75 Å². The van der Waals surface area contributed by atoms with Crippen molar-refractivity contribution in [2.24, 2.45) is 0 Å². The molecule has 2 rings (SSSR count). The first-order valence-corrected chi connectivity index (χ1v) is 5.06. The molecule has 1 heterocycles. The Kier molecular flexibility index (Phi) is 3.05. The molecule has 0 saturated carbocycles. The highest BCUT2D eigenvalue weighted by Gasteiger charge is 2.09. The van der Waals surface area contributed by atoms with Gasteiger partial charge in [-0.15, -0.1) is 0 Å². The van der Waals surface area contributed by atoms with Crippen molar-refractivity contribution in [3.05, 3.63) is 48.2 Å². The van der Waals surface area contributed by atoms with Crippen molar-refractivity contribution in [3.8, 4) is 17.0 Å². The van der Waals surface area contributed by atoms with Crippen molar-refractivity contribution in [1.82, 2.24) is 4.98 Å². The summed E-state index contributed by atoms with van der Waals surface area (Å²) in [6.45, 7) is 0. The molecule has 1 aromatic heterocycles. The number of rotatable bonds is 3. The van der Waals surface area contributed by atoms with Gasteiger partial charge in [0.25, 0.3) is 0 Å². The van der Waals surface area contributed by atoms with Gasteiger partial charge in [-0.05, 0) is 24.3 Å². The van der Waals surface area contributed by atoms with Crippen LogP contribution in [0.1, 0.15) is 10.5 Å². The SMILES string of the molecule is COc1ccccc1-c1cccc(C(=O)O)n1. The van der Waals surface area contributed by atoms with Gasteiger partial charge in [-0.1, -0.05) is 18.2 Å². The molecule has 0 amide bonds. The minimum Gasteiger partial charge on any atom is -0.496 e. The van der Waals surface area contributed by atoms with Crippen LogP contribution in [0.2, 0.25) is 0 Å². The van der Waals surface area contributed by atoms with E-state index in [-0.39, 0.29) is 5.69 Å². The Morgan fingerprint density at radius 2 is 1.94 bits per heavy atom. The molecule has 1 aromatic carbocycles. The Balaban J connectivity index is 2.52. The van der Waals surface area contributed by atoms with Crippen LogP contribution in [0, 0.1) is 0 Å². The summed E-state index contributed by atoms with van der Waals surface area (Å²) < 4.78 is 5.21. The third kappa shape index (κ3) is 2.25. The second-order valence-corrected chi connectivity index (χ2v) is 3.41. The topological polar surface area (TPSA) is 59.4 Å². The lowest BCUT2D eigenvalue weighted by atomic mass is 10.1. The van der Waals surface area contributed by atoms with Crippen LogP contribution in [0.4, 0.5) is 0 Å². The molecule has 1 N–H and O–H groups in total. The van der Waals surface area contributed by atoms with Gasteiger partial charge in [-0.25, -0.2) is 9.78 Å². The van der Waals surface area contributed by atoms with Gasteiger partial charge in [0.1, 0.15) is 11.4 Å². The Hall–Kier alpha value is -2.36. The van der Waals surface area contributed by atoms with Crippen molar-refractivity contribution >= 4 is 5.97 Å². The monoisotopic (exact) mass is 229 g/mol. The molecular weight excluding hydrogens is 218 g/mol. The van der Waals surface area contributed by atoms with Crippen LogP contribution in [0.25, 0.3) is 11.3 Å². The van der Waals surface area contributed by atoms with E-state index >= 15 is 0 Å². The van der Waals surface area contributed by atoms with E-state index in [4.69, 9.17) is 9.84 Å². The summed E-state index contributed by atoms with van der Waals surface area (Å²) in [5.41, 5.74) is 1.38. The van der Waals surface area contributed by atoms with Gasteiger partial charge in [-0.2, -0.15) is 0 Å². The van der Waals surface area contributed by atoms with Crippen molar-refractivity contribution < 1.29 is 14.6 Å². The Labute approximate surface area is 98.5 Å². The van der Waals surface area contributed by atoms with Gasteiger partial charge in [0.15, 0.2) is 0 Å². The number of ether oxygens (including phenoxy) is 1. The second kappa shape index (κ2) is 4.65. The van der Waals surface area contributed by atoms with E-state index in [9.17, 15) is 4.79 Å². The third-order valence-corrected chi connectivity index (χ3v) is 2.35. The number of methoxy groups -OCH3 is 1. The van der Waals surface area contributed by atoms with Crippen LogP contribution in [-0.4, -0.2) is 23.2 Å². The lowest BCUT2D eigenvalue weighted by Crippen LogP contribution is -2.01. The molecule has 17 heavy (non-hydrogen) atoms. The highest BCUT2D eigenvalue weighted by atomic mass is 16.5. The standard InChI is InChI=1S/C13H11NO3/c1-17-12-8-3-2-5-9(12)10-6-4-7-11(14-10)13(15)16/h2-8H,1H3,(H,15,16). The van der Waals surface area contributed by atoms with E-state index in [0.29, 0.717) is 11.4 Å². The predicted molar refractivity (Wildman–Crippen MR) is 63.2 cm³/mol. The molecule has 0 aliphatic heterocycles. The number of hydrogen-bond donors (Lipinski definition) is 1. The molecule has 86 valence electrons. The molecule has 4 heteroatoms. The number of nitrogens with zero attached hydrogens (tertiary/aromatic N) is 1. The maximum Gasteiger partial charge on any atom is 0.354 e. The van der Waals surface area contributed by atoms with Gasteiger partial charge >= 0.3 is 5.97 Å². The third-order valence-electron chi connectivity index (χ3n) is 2.35. The normalized spacial score (nSPS) is 9.94. The number of para-hydroxylation sites is 1. The van der Waals surface area contributed by atoms with Gasteiger partial charge in [0, 0.05) is 5.56 Å². The summed E-state index contributed by atoms with van der Waals surface area (Å²) in [6.07, 6.45) is 0. The molecule has 0 unspecified atom stereocenters. The first-order valence-electron chi connectivity index (χ1n) is 5.06. The maximum atomic E-state index is 10.8. The maximum absolute atomic E-state index is 10.8. The first-order chi connectivity index (χ1) is 8.22. The van der Waals surface area contributed by atoms with E-state index in [1.165, 1.54) is 6.07 Å². The minimum absolute atomic E-state index is 0.0217. The zero-order valence-electron chi connectivity index (χ0n) is 9.25. The van der Waals surface area contributed by atoms with Crippen LogP contribution in [-0.2, 0) is 0 Å². The lowest BCUT2D eigenvalue weighted by molar-refractivity contribution is 0.0690. The van der Waals surface area contributed by atoms with E-state index in [2.05, 4.69) is 4.98 Å². The zero-order chi connectivity index (χ0) is 12.3. The highest BCUT2D eigenvalue weighted by molar-refractivity contribution is 5.86. The molecule has 0 spiro atoms. The average molecular weight is 229 g/mol. The second-order valence-electron chi connectivity index (χ2n) is 3.41. The molecule has 0 radical (unpaired) electrons. The molecule has 0 aliphatic rings. The number of carbonyl (C=O) groups is 1.